The highest BCUT2D eigenvalue weighted by Crippen LogP contribution is 2.18. The molecular formula is C12H16O3. The molecule has 0 aromatic heterocycles. The smallest absolute Gasteiger partial charge is 0.434 e. The maximum atomic E-state index is 11.0. The van der Waals surface area contributed by atoms with Crippen molar-refractivity contribution in [3.05, 3.63) is 29.8 Å². The highest BCUT2D eigenvalue weighted by Gasteiger charge is 2.05. The van der Waals surface area contributed by atoms with Crippen LogP contribution in [0, 0.1) is 0 Å². The second-order valence-corrected chi connectivity index (χ2v) is 3.51. The van der Waals surface area contributed by atoms with E-state index in [1.165, 1.54) is 5.56 Å². The Morgan fingerprint density at radius 3 is 2.33 bits per heavy atom. The van der Waals surface area contributed by atoms with Crippen molar-refractivity contribution in [3.8, 4) is 5.75 Å². The van der Waals surface area contributed by atoms with E-state index in [0.29, 0.717) is 18.3 Å². The van der Waals surface area contributed by atoms with E-state index in [9.17, 15) is 4.79 Å². The molecule has 0 saturated carbocycles. The third kappa shape index (κ3) is 3.62. The number of hydrogen-bond acceptors (Lipinski definition) is 3. The van der Waals surface area contributed by atoms with E-state index in [2.05, 4.69) is 18.6 Å². The maximum Gasteiger partial charge on any atom is 0.513 e. The first-order valence-electron chi connectivity index (χ1n) is 5.08. The SMILES string of the molecule is CCOC(=O)Oc1ccc(C(C)C)cc1. The lowest BCUT2D eigenvalue weighted by Crippen LogP contribution is -2.09. The largest absolute Gasteiger partial charge is 0.513 e. The zero-order chi connectivity index (χ0) is 11.3. The summed E-state index contributed by atoms with van der Waals surface area (Å²) in [6.07, 6.45) is -0.658. The van der Waals surface area contributed by atoms with Gasteiger partial charge in [0.15, 0.2) is 0 Å². The van der Waals surface area contributed by atoms with Gasteiger partial charge in [0.2, 0.25) is 0 Å². The Bertz CT molecular complexity index is 314. The van der Waals surface area contributed by atoms with Gasteiger partial charge in [-0.15, -0.1) is 0 Å². The Labute approximate surface area is 90.0 Å². The number of benzene rings is 1. The minimum absolute atomic E-state index is 0.322. The van der Waals surface area contributed by atoms with E-state index >= 15 is 0 Å². The first-order valence-corrected chi connectivity index (χ1v) is 5.08. The maximum absolute atomic E-state index is 11.0. The minimum atomic E-state index is -0.658. The molecule has 0 heterocycles. The van der Waals surface area contributed by atoms with Crippen molar-refractivity contribution in [2.45, 2.75) is 26.7 Å². The third-order valence-corrected chi connectivity index (χ3v) is 2.01. The predicted molar refractivity (Wildman–Crippen MR) is 58.2 cm³/mol. The number of carbonyl (C=O) groups excluding carboxylic acids is 1. The summed E-state index contributed by atoms with van der Waals surface area (Å²) in [5.41, 5.74) is 1.21. The molecule has 0 radical (unpaired) electrons. The Hall–Kier alpha value is -1.51. The van der Waals surface area contributed by atoms with E-state index < -0.39 is 6.16 Å². The second-order valence-electron chi connectivity index (χ2n) is 3.51. The van der Waals surface area contributed by atoms with Crippen LogP contribution in [-0.2, 0) is 4.74 Å². The molecule has 1 aromatic carbocycles. The zero-order valence-electron chi connectivity index (χ0n) is 9.32. The second kappa shape index (κ2) is 5.39. The highest BCUT2D eigenvalue weighted by molar-refractivity contribution is 5.63. The summed E-state index contributed by atoms with van der Waals surface area (Å²) in [4.78, 5) is 11.0. The molecule has 0 amide bonds. The van der Waals surface area contributed by atoms with E-state index in [1.807, 2.05) is 12.1 Å². The molecule has 0 unspecified atom stereocenters. The van der Waals surface area contributed by atoms with E-state index in [-0.39, 0.29) is 0 Å². The van der Waals surface area contributed by atoms with Gasteiger partial charge in [-0.1, -0.05) is 26.0 Å². The Morgan fingerprint density at radius 2 is 1.87 bits per heavy atom. The summed E-state index contributed by atoms with van der Waals surface area (Å²) >= 11 is 0. The van der Waals surface area contributed by atoms with E-state index in [1.54, 1.807) is 19.1 Å². The summed E-state index contributed by atoms with van der Waals surface area (Å²) in [5.74, 6) is 0.986. The summed E-state index contributed by atoms with van der Waals surface area (Å²) in [6.45, 7) is 6.29. The van der Waals surface area contributed by atoms with E-state index in [0.717, 1.165) is 0 Å². The van der Waals surface area contributed by atoms with Gasteiger partial charge in [-0.2, -0.15) is 0 Å². The van der Waals surface area contributed by atoms with Gasteiger partial charge < -0.3 is 9.47 Å². The van der Waals surface area contributed by atoms with Crippen molar-refractivity contribution >= 4 is 6.16 Å². The van der Waals surface area contributed by atoms with Gasteiger partial charge in [0.25, 0.3) is 0 Å². The van der Waals surface area contributed by atoms with Crippen LogP contribution in [0.15, 0.2) is 24.3 Å². The fourth-order valence-electron chi connectivity index (χ4n) is 1.16. The summed E-state index contributed by atoms with van der Waals surface area (Å²) in [5, 5.41) is 0. The average molecular weight is 208 g/mol. The lowest BCUT2D eigenvalue weighted by atomic mass is 10.0. The molecular weight excluding hydrogens is 192 g/mol. The van der Waals surface area contributed by atoms with Crippen molar-refractivity contribution in [1.29, 1.82) is 0 Å². The van der Waals surface area contributed by atoms with Crippen LogP contribution in [0.2, 0.25) is 0 Å². The van der Waals surface area contributed by atoms with Gasteiger partial charge in [0.1, 0.15) is 5.75 Å². The molecule has 0 saturated heterocycles. The van der Waals surface area contributed by atoms with Gasteiger partial charge >= 0.3 is 6.16 Å². The summed E-state index contributed by atoms with van der Waals surface area (Å²) in [7, 11) is 0. The molecule has 0 aliphatic heterocycles. The molecule has 0 atom stereocenters. The van der Waals surface area contributed by atoms with Crippen LogP contribution >= 0.6 is 0 Å². The molecule has 1 aromatic rings. The Balaban J connectivity index is 2.60. The predicted octanol–water partition coefficient (Wildman–Crippen LogP) is 3.35. The summed E-state index contributed by atoms with van der Waals surface area (Å²) < 4.78 is 9.59. The average Bonchev–Trinajstić information content (AvgIpc) is 2.18. The molecule has 0 spiro atoms. The van der Waals surface area contributed by atoms with Gasteiger partial charge in [-0.25, -0.2) is 4.79 Å². The highest BCUT2D eigenvalue weighted by atomic mass is 16.7. The van der Waals surface area contributed by atoms with Crippen LogP contribution in [-0.4, -0.2) is 12.8 Å². The monoisotopic (exact) mass is 208 g/mol. The normalized spacial score (nSPS) is 10.1. The van der Waals surface area contributed by atoms with E-state index in [4.69, 9.17) is 4.74 Å². The zero-order valence-corrected chi connectivity index (χ0v) is 9.32. The molecule has 82 valence electrons. The molecule has 15 heavy (non-hydrogen) atoms. The van der Waals surface area contributed by atoms with Crippen LogP contribution in [0.4, 0.5) is 4.79 Å². The molecule has 0 bridgehead atoms. The van der Waals surface area contributed by atoms with Crippen molar-refractivity contribution in [2.75, 3.05) is 6.61 Å². The van der Waals surface area contributed by atoms with Gasteiger partial charge in [0.05, 0.1) is 6.61 Å². The quantitative estimate of drug-likeness (QED) is 0.564. The lowest BCUT2D eigenvalue weighted by Gasteiger charge is -2.07. The van der Waals surface area contributed by atoms with Gasteiger partial charge in [-0.05, 0) is 30.5 Å². The molecule has 3 heteroatoms. The topological polar surface area (TPSA) is 35.5 Å². The van der Waals surface area contributed by atoms with Crippen LogP contribution in [0.3, 0.4) is 0 Å². The van der Waals surface area contributed by atoms with Crippen LogP contribution < -0.4 is 4.74 Å². The number of ether oxygens (including phenoxy) is 2. The third-order valence-electron chi connectivity index (χ3n) is 2.01. The lowest BCUT2D eigenvalue weighted by molar-refractivity contribution is 0.104. The van der Waals surface area contributed by atoms with Crippen molar-refractivity contribution < 1.29 is 14.3 Å². The van der Waals surface area contributed by atoms with Gasteiger partial charge in [0, 0.05) is 0 Å². The molecule has 0 aliphatic rings. The summed E-state index contributed by atoms with van der Waals surface area (Å²) in [6, 6.07) is 7.43. The number of rotatable bonds is 3. The fourth-order valence-corrected chi connectivity index (χ4v) is 1.16. The Kier molecular flexibility index (Phi) is 4.16. The van der Waals surface area contributed by atoms with Gasteiger partial charge in [-0.3, -0.25) is 0 Å². The van der Waals surface area contributed by atoms with Crippen molar-refractivity contribution in [2.24, 2.45) is 0 Å². The first-order chi connectivity index (χ1) is 7.13. The number of hydrogen-bond donors (Lipinski definition) is 0. The minimum Gasteiger partial charge on any atom is -0.434 e. The molecule has 3 nitrogen and oxygen atoms in total. The molecule has 1 rings (SSSR count). The van der Waals surface area contributed by atoms with Crippen molar-refractivity contribution in [3.63, 3.8) is 0 Å². The molecule has 0 fully saturated rings. The fraction of sp³-hybridized carbons (Fsp3) is 0.417. The first kappa shape index (κ1) is 11.6. The van der Waals surface area contributed by atoms with Crippen LogP contribution in [0.1, 0.15) is 32.3 Å². The molecule has 0 aliphatic carbocycles. The molecule has 0 N–H and O–H groups in total. The number of carbonyl (C=O) groups is 1. The van der Waals surface area contributed by atoms with Crippen LogP contribution in [0.5, 0.6) is 5.75 Å². The Morgan fingerprint density at radius 1 is 1.27 bits per heavy atom. The van der Waals surface area contributed by atoms with Crippen LogP contribution in [0.25, 0.3) is 0 Å². The van der Waals surface area contributed by atoms with Crippen molar-refractivity contribution in [1.82, 2.24) is 0 Å². The standard InChI is InChI=1S/C12H16O3/c1-4-14-12(13)15-11-7-5-10(6-8-11)9(2)3/h5-9H,4H2,1-3H3.